The first-order chi connectivity index (χ1) is 25.7. The summed E-state index contributed by atoms with van der Waals surface area (Å²) < 4.78 is 19.0. The second-order valence-electron chi connectivity index (χ2n) is 14.1. The van der Waals surface area contributed by atoms with Crippen LogP contribution in [0.4, 0.5) is 10.5 Å². The molecule has 2 aromatic heterocycles. The van der Waals surface area contributed by atoms with Gasteiger partial charge in [-0.2, -0.15) is 0 Å². The van der Waals surface area contributed by atoms with Crippen LogP contribution < -0.4 is 24.2 Å². The van der Waals surface area contributed by atoms with Crippen molar-refractivity contribution in [3.8, 4) is 11.5 Å². The zero-order chi connectivity index (χ0) is 37.1. The lowest BCUT2D eigenvalue weighted by atomic mass is 9.82. The number of hydrogen-bond donors (Lipinski definition) is 1. The number of nitrogens with zero attached hydrogens (tertiary/aromatic N) is 4. The number of ether oxygens (including phenoxy) is 3. The average Bonchev–Trinajstić information content (AvgIpc) is 3.67. The van der Waals surface area contributed by atoms with E-state index in [4.69, 9.17) is 37.4 Å². The van der Waals surface area contributed by atoms with Crippen LogP contribution in [0.1, 0.15) is 77.1 Å². The molecule has 2 atom stereocenters. The first kappa shape index (κ1) is 36.8. The summed E-state index contributed by atoms with van der Waals surface area (Å²) in [4.78, 5) is 34.9. The van der Waals surface area contributed by atoms with E-state index in [0.717, 1.165) is 61.9 Å². The Labute approximate surface area is 318 Å². The van der Waals surface area contributed by atoms with Crippen molar-refractivity contribution in [2.24, 2.45) is 5.92 Å². The number of carbonyl (C=O) groups is 2. The summed E-state index contributed by atoms with van der Waals surface area (Å²) in [6, 6.07) is 14.0. The molecule has 11 nitrogen and oxygen atoms in total. The molecule has 0 radical (unpaired) electrons. The highest BCUT2D eigenvalue weighted by Crippen LogP contribution is 2.40. The third-order valence-electron chi connectivity index (χ3n) is 10.7. The smallest absolute Gasteiger partial charge is 0.414 e. The van der Waals surface area contributed by atoms with E-state index < -0.39 is 18.0 Å². The van der Waals surface area contributed by atoms with E-state index >= 15 is 0 Å². The Morgan fingerprint density at radius 2 is 1.79 bits per heavy atom. The predicted molar refractivity (Wildman–Crippen MR) is 196 cm³/mol. The van der Waals surface area contributed by atoms with E-state index in [1.807, 2.05) is 12.1 Å². The van der Waals surface area contributed by atoms with Crippen LogP contribution >= 0.6 is 23.2 Å². The molecule has 3 saturated heterocycles. The highest BCUT2D eigenvalue weighted by Gasteiger charge is 2.37. The zero-order valence-corrected chi connectivity index (χ0v) is 31.0. The van der Waals surface area contributed by atoms with Crippen molar-refractivity contribution in [2.75, 3.05) is 31.6 Å². The van der Waals surface area contributed by atoms with E-state index in [1.165, 1.54) is 23.4 Å². The fourth-order valence-electron chi connectivity index (χ4n) is 7.91. The number of benzene rings is 2. The summed E-state index contributed by atoms with van der Waals surface area (Å²) >= 11 is 13.3. The van der Waals surface area contributed by atoms with Crippen LogP contribution in [0.15, 0.2) is 73.3 Å². The third-order valence-corrected chi connectivity index (χ3v) is 11.4. The second kappa shape index (κ2) is 16.2. The van der Waals surface area contributed by atoms with E-state index in [1.54, 1.807) is 49.8 Å². The van der Waals surface area contributed by atoms with Gasteiger partial charge in [-0.25, -0.2) is 4.79 Å². The zero-order valence-electron chi connectivity index (χ0n) is 29.5. The van der Waals surface area contributed by atoms with Crippen molar-refractivity contribution >= 4 is 41.0 Å². The van der Waals surface area contributed by atoms with E-state index in [2.05, 4.69) is 9.88 Å². The van der Waals surface area contributed by atoms with Gasteiger partial charge < -0.3 is 24.1 Å². The van der Waals surface area contributed by atoms with Crippen LogP contribution in [0.2, 0.25) is 10.0 Å². The van der Waals surface area contributed by atoms with Crippen molar-refractivity contribution < 1.29 is 38.8 Å². The van der Waals surface area contributed by atoms with Gasteiger partial charge in [-0.1, -0.05) is 47.5 Å². The van der Waals surface area contributed by atoms with Crippen LogP contribution in [-0.4, -0.2) is 66.1 Å². The summed E-state index contributed by atoms with van der Waals surface area (Å²) in [5.41, 5.74) is 2.81. The number of aromatic carboxylic acids is 1. The van der Waals surface area contributed by atoms with Gasteiger partial charge in [0.25, 0.3) is 0 Å². The molecule has 4 aromatic rings. The van der Waals surface area contributed by atoms with Gasteiger partial charge in [0.05, 0.1) is 37.6 Å². The van der Waals surface area contributed by atoms with Gasteiger partial charge in [-0.3, -0.25) is 20.0 Å². The molecule has 8 rings (SSSR count). The Bertz CT molecular complexity index is 1930. The lowest BCUT2D eigenvalue weighted by Gasteiger charge is -2.44. The van der Waals surface area contributed by atoms with Crippen LogP contribution in [0.3, 0.4) is 0 Å². The molecule has 2 bridgehead atoms. The number of anilines is 1. The Morgan fingerprint density at radius 3 is 2.43 bits per heavy atom. The van der Waals surface area contributed by atoms with Crippen LogP contribution in [0.25, 0.3) is 0 Å². The number of halogens is 2. The maximum atomic E-state index is 14.0. The van der Waals surface area contributed by atoms with Crippen LogP contribution in [0, 0.1) is 5.92 Å². The van der Waals surface area contributed by atoms with Gasteiger partial charge in [0.1, 0.15) is 16.1 Å². The highest BCUT2D eigenvalue weighted by atomic mass is 35.5. The number of aromatic nitrogens is 2. The van der Waals surface area contributed by atoms with Crippen molar-refractivity contribution in [3.05, 3.63) is 111 Å². The van der Waals surface area contributed by atoms with Crippen LogP contribution in [-0.2, 0) is 17.7 Å². The van der Waals surface area contributed by atoms with E-state index in [-0.39, 0.29) is 40.8 Å². The topological polar surface area (TPSA) is 128 Å². The molecule has 1 N–H and O–H groups in total. The number of fused-ring (bicyclic) bond motifs is 3. The summed E-state index contributed by atoms with van der Waals surface area (Å²) in [6.45, 7) is 2.82. The number of pyridine rings is 2. The molecular weight excluding hydrogens is 719 g/mol. The predicted octanol–water partition coefficient (Wildman–Crippen LogP) is 6.22. The SMILES string of the molecule is COc1ccc(C(Cc2c(Cl)c[n+](O)cc2Cl)c2cc(CN(C(=O)O[C@H]3CN4CCC3CC4)c3cccnc3)ccc2C(=O)[O-])cc1OC1CCCC1. The molecule has 53 heavy (non-hydrogen) atoms. The number of carbonyl (C=O) groups excluding carboxylic acids is 2. The summed E-state index contributed by atoms with van der Waals surface area (Å²) in [5.74, 6) is -0.589. The third kappa shape index (κ3) is 8.32. The number of carboxylic acid groups (broad SMARTS) is 1. The van der Waals surface area contributed by atoms with Gasteiger partial charge in [0.15, 0.2) is 11.5 Å². The van der Waals surface area contributed by atoms with Crippen molar-refractivity contribution in [2.45, 2.75) is 69.6 Å². The number of amides is 1. The van der Waals surface area contributed by atoms with Gasteiger partial charge in [-0.15, -0.1) is 0 Å². The minimum Gasteiger partial charge on any atom is -0.545 e. The Balaban J connectivity index is 1.29. The Kier molecular flexibility index (Phi) is 11.2. The van der Waals surface area contributed by atoms with Gasteiger partial charge >= 0.3 is 6.09 Å². The normalized spacial score (nSPS) is 20.2. The molecule has 0 spiro atoms. The minimum atomic E-state index is -1.36. The first-order valence-electron chi connectivity index (χ1n) is 18.0. The summed E-state index contributed by atoms with van der Waals surface area (Å²) in [5, 5.41) is 23.3. The molecule has 5 heterocycles. The largest absolute Gasteiger partial charge is 0.545 e. The fourth-order valence-corrected chi connectivity index (χ4v) is 8.52. The number of piperidine rings is 3. The number of methoxy groups -OCH3 is 1. The van der Waals surface area contributed by atoms with Crippen molar-refractivity contribution in [3.63, 3.8) is 0 Å². The van der Waals surface area contributed by atoms with Gasteiger partial charge in [0, 0.05) is 34.5 Å². The Morgan fingerprint density at radius 1 is 1.04 bits per heavy atom. The first-order valence-corrected chi connectivity index (χ1v) is 18.8. The molecular formula is C40H42Cl2N4O7. The number of carboxylic acids is 1. The molecule has 278 valence electrons. The molecule has 4 aliphatic rings. The van der Waals surface area contributed by atoms with Crippen molar-refractivity contribution in [1.29, 1.82) is 0 Å². The van der Waals surface area contributed by atoms with E-state index in [0.29, 0.717) is 46.3 Å². The molecule has 3 aliphatic heterocycles. The maximum absolute atomic E-state index is 14.0. The van der Waals surface area contributed by atoms with Gasteiger partial charge in [-0.05, 0) is 105 Å². The van der Waals surface area contributed by atoms with Gasteiger partial charge in [0.2, 0.25) is 12.4 Å². The lowest BCUT2D eigenvalue weighted by Crippen LogP contribution is -2.53. The van der Waals surface area contributed by atoms with Crippen molar-refractivity contribution in [1.82, 2.24) is 9.88 Å². The lowest BCUT2D eigenvalue weighted by molar-refractivity contribution is -0.904. The van der Waals surface area contributed by atoms with Crippen LogP contribution in [0.5, 0.6) is 11.5 Å². The standard InChI is InChI=1S/C40H42Cl2N4O7/c1-51-36-11-9-27(18-37(36)52-29-6-2-3-7-29)31(19-33-34(41)22-45(50)23-35(33)42)32-17-25(8-10-30(32)39(47)48)21-46(28-5-4-14-43-20-28)40(49)53-38-24-44-15-12-26(38)13-16-44/h4-5,8-11,14,17-18,20,22-23,26,29,31,38H,2-3,6-7,12-13,15-16,19,21,24H2,1H3,(H-,47,48,50)/t31?,38-/m0/s1. The number of rotatable bonds is 12. The minimum absolute atomic E-state index is 0.0315. The second-order valence-corrected chi connectivity index (χ2v) is 14.9. The molecule has 1 saturated carbocycles. The quantitative estimate of drug-likeness (QED) is 0.132. The fraction of sp³-hybridized carbons (Fsp3) is 0.400. The molecule has 1 amide bonds. The monoisotopic (exact) mass is 760 g/mol. The maximum Gasteiger partial charge on any atom is 0.414 e. The molecule has 4 fully saturated rings. The molecule has 13 heteroatoms. The summed E-state index contributed by atoms with van der Waals surface area (Å²) in [7, 11) is 1.58. The Hall–Kier alpha value is -4.58. The molecule has 1 aliphatic carbocycles. The summed E-state index contributed by atoms with van der Waals surface area (Å²) in [6.07, 6.45) is 11.4. The average molecular weight is 762 g/mol. The number of hydrogen-bond acceptors (Lipinski definition) is 9. The molecule has 1 unspecified atom stereocenters. The highest BCUT2D eigenvalue weighted by molar-refractivity contribution is 6.35. The van der Waals surface area contributed by atoms with E-state index in [9.17, 15) is 19.9 Å². The molecule has 2 aromatic carbocycles.